The largest absolute Gasteiger partial charge is 0.480 e. The summed E-state index contributed by atoms with van der Waals surface area (Å²) < 4.78 is 7.14. The van der Waals surface area contributed by atoms with Crippen LogP contribution in [0.2, 0.25) is 0 Å². The topological polar surface area (TPSA) is 35.0 Å². The van der Waals surface area contributed by atoms with Crippen LogP contribution in [0.25, 0.3) is 10.2 Å². The van der Waals surface area contributed by atoms with E-state index in [1.54, 1.807) is 18.4 Å². The van der Waals surface area contributed by atoms with Crippen molar-refractivity contribution in [2.24, 2.45) is 0 Å². The predicted molar refractivity (Wildman–Crippen MR) is 56.4 cm³/mol. The highest BCUT2D eigenvalue weighted by Crippen LogP contribution is 2.33. The van der Waals surface area contributed by atoms with Crippen molar-refractivity contribution in [2.75, 3.05) is 7.11 Å². The van der Waals surface area contributed by atoms with Crippen LogP contribution in [0.3, 0.4) is 0 Å². The number of halogens is 1. The van der Waals surface area contributed by atoms with Crippen LogP contribution in [0.4, 0.5) is 0 Å². The highest BCUT2D eigenvalue weighted by Gasteiger charge is 2.10. The summed E-state index contributed by atoms with van der Waals surface area (Å²) in [7, 11) is 1.62. The molecule has 0 amide bonds. The van der Waals surface area contributed by atoms with Gasteiger partial charge in [-0.3, -0.25) is 0 Å². The van der Waals surface area contributed by atoms with E-state index < -0.39 is 0 Å². The molecule has 0 radical (unpaired) electrons. The zero-order valence-corrected chi connectivity index (χ0v) is 9.57. The standard InChI is InChI=1S/C8H7BrN2OS/c1-4-10-6-5(9)3-13-7(6)8(11-4)12-2/h3H,1-2H3. The molecular weight excluding hydrogens is 252 g/mol. The average molecular weight is 259 g/mol. The molecule has 68 valence electrons. The van der Waals surface area contributed by atoms with E-state index in [0.717, 1.165) is 20.5 Å². The third-order valence-electron chi connectivity index (χ3n) is 1.65. The Hall–Kier alpha value is -0.680. The van der Waals surface area contributed by atoms with E-state index in [4.69, 9.17) is 4.74 Å². The van der Waals surface area contributed by atoms with Crippen LogP contribution in [0.1, 0.15) is 5.82 Å². The highest BCUT2D eigenvalue weighted by molar-refractivity contribution is 9.10. The van der Waals surface area contributed by atoms with Crippen molar-refractivity contribution in [3.05, 3.63) is 15.7 Å². The zero-order valence-electron chi connectivity index (χ0n) is 7.17. The summed E-state index contributed by atoms with van der Waals surface area (Å²) in [5, 5.41) is 1.99. The molecule has 2 rings (SSSR count). The number of ether oxygens (including phenoxy) is 1. The van der Waals surface area contributed by atoms with Crippen molar-refractivity contribution in [1.82, 2.24) is 9.97 Å². The molecule has 0 unspecified atom stereocenters. The Morgan fingerprint density at radius 3 is 2.92 bits per heavy atom. The van der Waals surface area contributed by atoms with Gasteiger partial charge in [0.25, 0.3) is 0 Å². The number of methoxy groups -OCH3 is 1. The molecule has 2 aromatic rings. The fraction of sp³-hybridized carbons (Fsp3) is 0.250. The number of thiophene rings is 1. The van der Waals surface area contributed by atoms with E-state index in [1.807, 2.05) is 12.3 Å². The molecule has 0 aliphatic rings. The summed E-state index contributed by atoms with van der Waals surface area (Å²) in [4.78, 5) is 8.51. The van der Waals surface area contributed by atoms with Crippen molar-refractivity contribution in [3.8, 4) is 5.88 Å². The van der Waals surface area contributed by atoms with Crippen molar-refractivity contribution < 1.29 is 4.74 Å². The molecule has 0 bridgehead atoms. The Kier molecular flexibility index (Phi) is 2.21. The van der Waals surface area contributed by atoms with E-state index >= 15 is 0 Å². The van der Waals surface area contributed by atoms with Crippen LogP contribution < -0.4 is 4.74 Å². The van der Waals surface area contributed by atoms with Gasteiger partial charge in [0.05, 0.1) is 11.6 Å². The fourth-order valence-corrected chi connectivity index (χ4v) is 2.64. The van der Waals surface area contributed by atoms with Crippen LogP contribution >= 0.6 is 27.3 Å². The Morgan fingerprint density at radius 1 is 1.46 bits per heavy atom. The summed E-state index contributed by atoms with van der Waals surface area (Å²) in [5.41, 5.74) is 0.925. The SMILES string of the molecule is COc1nc(C)nc2c(Br)csc12. The normalized spacial score (nSPS) is 10.7. The van der Waals surface area contributed by atoms with Gasteiger partial charge in [0.1, 0.15) is 16.0 Å². The Balaban J connectivity index is 2.84. The van der Waals surface area contributed by atoms with Gasteiger partial charge in [-0.25, -0.2) is 4.98 Å². The molecule has 0 saturated heterocycles. The smallest absolute Gasteiger partial charge is 0.234 e. The maximum Gasteiger partial charge on any atom is 0.234 e. The lowest BCUT2D eigenvalue weighted by Crippen LogP contribution is -1.92. The first-order valence-electron chi connectivity index (χ1n) is 3.67. The number of hydrogen-bond acceptors (Lipinski definition) is 4. The van der Waals surface area contributed by atoms with Crippen LogP contribution in [0.5, 0.6) is 5.88 Å². The second kappa shape index (κ2) is 3.23. The number of hydrogen-bond donors (Lipinski definition) is 0. The molecule has 0 aliphatic carbocycles. The van der Waals surface area contributed by atoms with Gasteiger partial charge in [0.2, 0.25) is 5.88 Å². The molecule has 0 aliphatic heterocycles. The number of nitrogens with zero attached hydrogens (tertiary/aromatic N) is 2. The first kappa shape index (κ1) is 8.90. The van der Waals surface area contributed by atoms with Crippen molar-refractivity contribution >= 4 is 37.5 Å². The first-order chi connectivity index (χ1) is 6.22. The number of fused-ring (bicyclic) bond motifs is 1. The summed E-state index contributed by atoms with van der Waals surface area (Å²) >= 11 is 5.01. The second-order valence-electron chi connectivity index (χ2n) is 2.54. The molecule has 13 heavy (non-hydrogen) atoms. The molecule has 0 atom stereocenters. The molecule has 0 fully saturated rings. The quantitative estimate of drug-likeness (QED) is 0.789. The lowest BCUT2D eigenvalue weighted by atomic mass is 10.4. The van der Waals surface area contributed by atoms with Gasteiger partial charge in [0.15, 0.2) is 0 Å². The molecular formula is C8H7BrN2OS. The zero-order chi connectivity index (χ0) is 9.42. The summed E-state index contributed by atoms with van der Waals surface area (Å²) in [6, 6.07) is 0. The molecule has 5 heteroatoms. The van der Waals surface area contributed by atoms with E-state index in [2.05, 4.69) is 25.9 Å². The molecule has 0 N–H and O–H groups in total. The van der Waals surface area contributed by atoms with Crippen LogP contribution in [0, 0.1) is 6.92 Å². The van der Waals surface area contributed by atoms with E-state index in [9.17, 15) is 0 Å². The second-order valence-corrected chi connectivity index (χ2v) is 4.28. The monoisotopic (exact) mass is 258 g/mol. The van der Waals surface area contributed by atoms with Gasteiger partial charge in [-0.2, -0.15) is 4.98 Å². The minimum atomic E-state index is 0.651. The predicted octanol–water partition coefficient (Wildman–Crippen LogP) is 2.77. The minimum absolute atomic E-state index is 0.651. The molecule has 2 aromatic heterocycles. The van der Waals surface area contributed by atoms with Crippen molar-refractivity contribution in [2.45, 2.75) is 6.92 Å². The van der Waals surface area contributed by atoms with Gasteiger partial charge in [0, 0.05) is 5.38 Å². The van der Waals surface area contributed by atoms with Crippen LogP contribution in [0.15, 0.2) is 9.85 Å². The van der Waals surface area contributed by atoms with E-state index in [1.165, 1.54) is 0 Å². The van der Waals surface area contributed by atoms with E-state index in [0.29, 0.717) is 5.88 Å². The molecule has 2 heterocycles. The lowest BCUT2D eigenvalue weighted by Gasteiger charge is -2.00. The van der Waals surface area contributed by atoms with Crippen LogP contribution in [-0.2, 0) is 0 Å². The lowest BCUT2D eigenvalue weighted by molar-refractivity contribution is 0.402. The molecule has 0 saturated carbocycles. The summed E-state index contributed by atoms with van der Waals surface area (Å²) in [6.45, 7) is 1.85. The Labute approximate surface area is 87.9 Å². The van der Waals surface area contributed by atoms with Gasteiger partial charge >= 0.3 is 0 Å². The number of aryl methyl sites for hydroxylation is 1. The van der Waals surface area contributed by atoms with Gasteiger partial charge in [-0.05, 0) is 22.9 Å². The van der Waals surface area contributed by atoms with Crippen molar-refractivity contribution in [1.29, 1.82) is 0 Å². The van der Waals surface area contributed by atoms with Gasteiger partial charge < -0.3 is 4.74 Å². The number of rotatable bonds is 1. The first-order valence-corrected chi connectivity index (χ1v) is 5.35. The van der Waals surface area contributed by atoms with Crippen LogP contribution in [-0.4, -0.2) is 17.1 Å². The third-order valence-corrected chi connectivity index (χ3v) is 3.51. The van der Waals surface area contributed by atoms with Crippen molar-refractivity contribution in [3.63, 3.8) is 0 Å². The Morgan fingerprint density at radius 2 is 2.23 bits per heavy atom. The molecule has 3 nitrogen and oxygen atoms in total. The average Bonchev–Trinajstić information content (AvgIpc) is 2.47. The van der Waals surface area contributed by atoms with Gasteiger partial charge in [-0.1, -0.05) is 0 Å². The summed E-state index contributed by atoms with van der Waals surface area (Å²) in [6.07, 6.45) is 0. The third kappa shape index (κ3) is 1.42. The Bertz CT molecular complexity index is 455. The fourth-order valence-electron chi connectivity index (χ4n) is 1.11. The van der Waals surface area contributed by atoms with E-state index in [-0.39, 0.29) is 0 Å². The molecule has 0 aromatic carbocycles. The maximum atomic E-state index is 5.16. The van der Waals surface area contributed by atoms with Gasteiger partial charge in [-0.15, -0.1) is 11.3 Å². The number of aromatic nitrogens is 2. The minimum Gasteiger partial charge on any atom is -0.480 e. The summed E-state index contributed by atoms with van der Waals surface area (Å²) in [5.74, 6) is 1.38. The highest BCUT2D eigenvalue weighted by atomic mass is 79.9. The molecule has 0 spiro atoms. The maximum absolute atomic E-state index is 5.16.